The number of β-lactam (4-membered cyclic amide) rings is 1. The van der Waals surface area contributed by atoms with Gasteiger partial charge in [-0.15, -0.1) is 0 Å². The maximum Gasteiger partial charge on any atom is 0.342 e. The Balaban J connectivity index is 2.24. The lowest BCUT2D eigenvalue weighted by molar-refractivity contribution is -0.141. The van der Waals surface area contributed by atoms with E-state index in [9.17, 15) is 9.59 Å². The molecule has 0 unspecified atom stereocenters. The van der Waals surface area contributed by atoms with Gasteiger partial charge in [0.2, 0.25) is 5.91 Å². The summed E-state index contributed by atoms with van der Waals surface area (Å²) in [6.45, 7) is 0.432. The summed E-state index contributed by atoms with van der Waals surface area (Å²) in [5, 5.41) is 8.96. The van der Waals surface area contributed by atoms with E-state index >= 15 is 0 Å². The number of rotatable bonds is 2. The summed E-state index contributed by atoms with van der Waals surface area (Å²) in [7, 11) is 0. The number of thioether (sulfide) groups is 1. The van der Waals surface area contributed by atoms with E-state index in [1.165, 1.54) is 11.8 Å². The van der Waals surface area contributed by atoms with E-state index in [1.54, 1.807) is 4.90 Å². The number of carbonyl (C=O) groups excluding carboxylic acids is 1. The van der Waals surface area contributed by atoms with Crippen molar-refractivity contribution in [2.24, 2.45) is 0 Å². The molecule has 0 aromatic carbocycles. The van der Waals surface area contributed by atoms with Crippen LogP contribution in [0.25, 0.3) is 0 Å². The maximum absolute atomic E-state index is 11.1. The lowest BCUT2D eigenvalue weighted by atomic mass is 10.1. The molecule has 2 rings (SSSR count). The van der Waals surface area contributed by atoms with Gasteiger partial charge in [0.25, 0.3) is 0 Å². The van der Waals surface area contributed by atoms with E-state index in [4.69, 9.17) is 5.11 Å². The van der Waals surface area contributed by atoms with Crippen LogP contribution in [0, 0.1) is 0 Å². The van der Waals surface area contributed by atoms with Gasteiger partial charge in [-0.25, -0.2) is 4.79 Å². The number of carboxylic acids is 1. The molecule has 0 bridgehead atoms. The van der Waals surface area contributed by atoms with Crippen LogP contribution in [0.3, 0.4) is 0 Å². The second kappa shape index (κ2) is 3.51. The van der Waals surface area contributed by atoms with Gasteiger partial charge >= 0.3 is 5.97 Å². The lowest BCUT2D eigenvalue weighted by Crippen LogP contribution is -2.53. The normalized spacial score (nSPS) is 25.9. The van der Waals surface area contributed by atoms with Crippen molar-refractivity contribution in [2.75, 3.05) is 12.3 Å². The summed E-state index contributed by atoms with van der Waals surface area (Å²) >= 11 is 5.33. The number of hydrogen-bond acceptors (Lipinski definition) is 4. The van der Waals surface area contributed by atoms with E-state index in [0.29, 0.717) is 23.6 Å². The quantitative estimate of drug-likeness (QED) is 0.538. The Hall–Kier alpha value is -0.620. The molecule has 2 heterocycles. The number of aliphatic carboxylic acids is 1. The number of nitrogens with zero attached hydrogens (tertiary/aromatic N) is 1. The maximum atomic E-state index is 11.1. The van der Waals surface area contributed by atoms with Crippen molar-refractivity contribution < 1.29 is 14.7 Å². The number of thiol groups is 1. The first kappa shape index (κ1) is 9.92. The third kappa shape index (κ3) is 1.42. The molecule has 1 fully saturated rings. The van der Waals surface area contributed by atoms with E-state index in [-0.39, 0.29) is 11.3 Å². The molecule has 14 heavy (non-hydrogen) atoms. The highest BCUT2D eigenvalue weighted by Gasteiger charge is 2.42. The highest BCUT2D eigenvalue weighted by molar-refractivity contribution is 8.04. The van der Waals surface area contributed by atoms with Crippen LogP contribution in [0.15, 0.2) is 10.5 Å². The largest absolute Gasteiger partial charge is 0.477 e. The monoisotopic (exact) mass is 231 g/mol. The van der Waals surface area contributed by atoms with Crippen LogP contribution in [-0.2, 0) is 9.59 Å². The zero-order valence-corrected chi connectivity index (χ0v) is 8.98. The first-order valence-corrected chi connectivity index (χ1v) is 5.67. The third-order valence-electron chi connectivity index (χ3n) is 2.34. The molecular weight excluding hydrogens is 222 g/mol. The van der Waals surface area contributed by atoms with Crippen LogP contribution < -0.4 is 0 Å². The highest BCUT2D eigenvalue weighted by Crippen LogP contribution is 2.40. The molecule has 4 nitrogen and oxygen atoms in total. The molecule has 1 N–H and O–H groups in total. The summed E-state index contributed by atoms with van der Waals surface area (Å²) in [4.78, 5) is 24.1. The van der Waals surface area contributed by atoms with Gasteiger partial charge in [-0.3, -0.25) is 4.79 Å². The van der Waals surface area contributed by atoms with Crippen LogP contribution in [-0.4, -0.2) is 39.6 Å². The Kier molecular flexibility index (Phi) is 2.48. The minimum Gasteiger partial charge on any atom is -0.477 e. The molecule has 0 radical (unpaired) electrons. The fourth-order valence-corrected chi connectivity index (χ4v) is 3.13. The predicted octanol–water partition coefficient (Wildman–Crippen LogP) is 0.560. The van der Waals surface area contributed by atoms with Crippen molar-refractivity contribution in [3.8, 4) is 0 Å². The number of carboxylic acid groups (broad SMARTS) is 1. The number of amides is 1. The molecule has 0 spiro atoms. The zero-order chi connectivity index (χ0) is 10.3. The molecule has 0 aromatic rings. The Morgan fingerprint density at radius 3 is 2.93 bits per heavy atom. The van der Waals surface area contributed by atoms with Gasteiger partial charge in [0.15, 0.2) is 0 Å². The molecule has 0 aliphatic carbocycles. The molecular formula is C8H9NO3S2. The van der Waals surface area contributed by atoms with Crippen LogP contribution in [0.4, 0.5) is 0 Å². The standard InChI is InChI=1S/C8H9NO3S2/c10-5-1-6-9(5)2-4(3-13)7(14-6)8(11)12/h6,13H,1-3H2,(H,11,12)/t6-/m1/s1. The molecule has 1 amide bonds. The van der Waals surface area contributed by atoms with Gasteiger partial charge in [-0.1, -0.05) is 11.8 Å². The van der Waals surface area contributed by atoms with Gasteiger partial charge in [0.1, 0.15) is 0 Å². The molecule has 0 saturated carbocycles. The van der Waals surface area contributed by atoms with Crippen molar-refractivity contribution in [1.82, 2.24) is 4.90 Å². The first-order valence-electron chi connectivity index (χ1n) is 4.15. The Labute approximate surface area is 90.7 Å². The van der Waals surface area contributed by atoms with Crippen molar-refractivity contribution >= 4 is 36.3 Å². The third-order valence-corrected chi connectivity index (χ3v) is 4.11. The summed E-state index contributed by atoms with van der Waals surface area (Å²) in [6, 6.07) is 0. The molecule has 1 saturated heterocycles. The molecule has 1 atom stereocenters. The molecule has 0 aromatic heterocycles. The summed E-state index contributed by atoms with van der Waals surface area (Å²) < 4.78 is 0. The van der Waals surface area contributed by atoms with Gasteiger partial charge < -0.3 is 10.0 Å². The van der Waals surface area contributed by atoms with Crippen molar-refractivity contribution in [3.05, 3.63) is 10.5 Å². The molecule has 2 aliphatic heterocycles. The zero-order valence-electron chi connectivity index (χ0n) is 7.27. The first-order chi connectivity index (χ1) is 6.63. The van der Waals surface area contributed by atoms with Gasteiger partial charge in [0.05, 0.1) is 16.7 Å². The average molecular weight is 231 g/mol. The number of hydrogen-bond donors (Lipinski definition) is 2. The Morgan fingerprint density at radius 2 is 2.43 bits per heavy atom. The molecule has 6 heteroatoms. The van der Waals surface area contributed by atoms with E-state index in [1.807, 2.05) is 0 Å². The highest BCUT2D eigenvalue weighted by atomic mass is 32.2. The van der Waals surface area contributed by atoms with Crippen LogP contribution in [0.2, 0.25) is 0 Å². The fourth-order valence-electron chi connectivity index (χ4n) is 1.54. The van der Waals surface area contributed by atoms with Crippen LogP contribution >= 0.6 is 24.4 Å². The summed E-state index contributed by atoms with van der Waals surface area (Å²) in [5.74, 6) is -0.408. The van der Waals surface area contributed by atoms with Crippen LogP contribution in [0.5, 0.6) is 0 Å². The van der Waals surface area contributed by atoms with Crippen molar-refractivity contribution in [1.29, 1.82) is 0 Å². The predicted molar refractivity (Wildman–Crippen MR) is 56.2 cm³/mol. The van der Waals surface area contributed by atoms with Crippen molar-refractivity contribution in [2.45, 2.75) is 11.8 Å². The van der Waals surface area contributed by atoms with Gasteiger partial charge in [0, 0.05) is 12.3 Å². The second-order valence-corrected chi connectivity index (χ2v) is 4.70. The number of fused-ring (bicyclic) bond motifs is 1. The fraction of sp³-hybridized carbons (Fsp3) is 0.500. The minimum atomic E-state index is -0.905. The molecule has 76 valence electrons. The van der Waals surface area contributed by atoms with E-state index in [2.05, 4.69) is 12.6 Å². The van der Waals surface area contributed by atoms with E-state index in [0.717, 1.165) is 5.57 Å². The minimum absolute atomic E-state index is 0.0391. The average Bonchev–Trinajstić information content (AvgIpc) is 2.15. The topological polar surface area (TPSA) is 57.6 Å². The SMILES string of the molecule is O=C(O)C1=C(CS)CN2C(=O)C[C@H]2S1. The lowest BCUT2D eigenvalue weighted by Gasteiger charge is -2.43. The Morgan fingerprint density at radius 1 is 1.71 bits per heavy atom. The second-order valence-electron chi connectivity index (χ2n) is 3.19. The summed E-state index contributed by atoms with van der Waals surface area (Å²) in [6.07, 6.45) is 0.460. The smallest absolute Gasteiger partial charge is 0.342 e. The van der Waals surface area contributed by atoms with Gasteiger partial charge in [-0.05, 0) is 5.57 Å². The summed E-state index contributed by atoms with van der Waals surface area (Å²) in [5.41, 5.74) is 0.732. The van der Waals surface area contributed by atoms with Gasteiger partial charge in [-0.2, -0.15) is 12.6 Å². The van der Waals surface area contributed by atoms with Crippen molar-refractivity contribution in [3.63, 3.8) is 0 Å². The number of carbonyl (C=O) groups is 2. The van der Waals surface area contributed by atoms with E-state index < -0.39 is 5.97 Å². The van der Waals surface area contributed by atoms with Crippen LogP contribution in [0.1, 0.15) is 6.42 Å². The molecule has 2 aliphatic rings. The Bertz CT molecular complexity index is 339.